The molecule has 0 atom stereocenters. The Labute approximate surface area is 112 Å². The summed E-state index contributed by atoms with van der Waals surface area (Å²) in [6.45, 7) is 13.8. The van der Waals surface area contributed by atoms with Gasteiger partial charge in [0.25, 0.3) is 0 Å². The van der Waals surface area contributed by atoms with E-state index in [9.17, 15) is 0 Å². The predicted molar refractivity (Wildman–Crippen MR) is 83.9 cm³/mol. The Bertz CT molecular complexity index is 389. The fraction of sp³-hybridized carbons (Fsp3) is 0.600. The third-order valence-corrected chi connectivity index (χ3v) is 12.2. The van der Waals surface area contributed by atoms with Crippen molar-refractivity contribution < 1.29 is 0 Å². The molecule has 0 nitrogen and oxygen atoms in total. The Morgan fingerprint density at radius 1 is 0.882 bits per heavy atom. The van der Waals surface area contributed by atoms with Gasteiger partial charge in [-0.2, -0.15) is 0 Å². The number of benzene rings is 1. The van der Waals surface area contributed by atoms with Crippen LogP contribution < -0.4 is 0 Å². The van der Waals surface area contributed by atoms with Gasteiger partial charge in [-0.1, -0.05) is 83.7 Å². The third kappa shape index (κ3) is 3.20. The SMILES string of the molecule is CC(C)(C)P(=S)(Cc1ccccc1)C(C)(C)C. The van der Waals surface area contributed by atoms with Gasteiger partial charge >= 0.3 is 0 Å². The molecule has 0 saturated heterocycles. The van der Waals surface area contributed by atoms with Crippen LogP contribution >= 0.6 is 6.04 Å². The molecule has 0 amide bonds. The summed E-state index contributed by atoms with van der Waals surface area (Å²) in [6, 6.07) is 9.23. The lowest BCUT2D eigenvalue weighted by atomic mass is 10.2. The molecule has 96 valence electrons. The normalized spacial score (nSPS) is 13.8. The summed E-state index contributed by atoms with van der Waals surface area (Å²) in [5, 5.41) is 0.437. The van der Waals surface area contributed by atoms with Crippen LogP contribution in [0.15, 0.2) is 30.3 Å². The maximum Gasteiger partial charge on any atom is 0.00270 e. The van der Waals surface area contributed by atoms with E-state index < -0.39 is 6.04 Å². The summed E-state index contributed by atoms with van der Waals surface area (Å²) < 4.78 is 0. The van der Waals surface area contributed by atoms with Crippen molar-refractivity contribution >= 4 is 17.8 Å². The standard InChI is InChI=1S/C15H25PS/c1-14(2,3)16(17,15(4,5)6)12-13-10-8-7-9-11-13/h7-11H,12H2,1-6H3. The molecule has 2 heteroatoms. The highest BCUT2D eigenvalue weighted by Crippen LogP contribution is 2.68. The molecular weight excluding hydrogens is 243 g/mol. The van der Waals surface area contributed by atoms with Gasteiger partial charge in [-0.3, -0.25) is 0 Å². The summed E-state index contributed by atoms with van der Waals surface area (Å²) in [7, 11) is 0. The molecule has 0 aliphatic heterocycles. The minimum Gasteiger partial charge on any atom is -0.0961 e. The molecule has 17 heavy (non-hydrogen) atoms. The number of hydrogen-bond acceptors (Lipinski definition) is 1. The maximum atomic E-state index is 6.17. The van der Waals surface area contributed by atoms with Crippen molar-refractivity contribution in [1.82, 2.24) is 0 Å². The molecule has 0 bridgehead atoms. The van der Waals surface area contributed by atoms with Gasteiger partial charge < -0.3 is 0 Å². The fourth-order valence-electron chi connectivity index (χ4n) is 2.32. The monoisotopic (exact) mass is 268 g/mol. The molecule has 1 aromatic rings. The first-order valence-electron chi connectivity index (χ1n) is 6.21. The van der Waals surface area contributed by atoms with Gasteiger partial charge in [-0.15, -0.1) is 0 Å². The van der Waals surface area contributed by atoms with E-state index >= 15 is 0 Å². The van der Waals surface area contributed by atoms with Gasteiger partial charge in [-0.25, -0.2) is 0 Å². The third-order valence-electron chi connectivity index (χ3n) is 3.42. The zero-order chi connectivity index (χ0) is 13.3. The summed E-state index contributed by atoms with van der Waals surface area (Å²) in [5.74, 6) is 0. The highest BCUT2D eigenvalue weighted by molar-refractivity contribution is 8.15. The first-order valence-corrected chi connectivity index (χ1v) is 9.20. The minimum absolute atomic E-state index is 0.219. The second kappa shape index (κ2) is 4.86. The zero-order valence-electron chi connectivity index (χ0n) is 11.9. The smallest absolute Gasteiger partial charge is 0.00270 e. The van der Waals surface area contributed by atoms with Crippen molar-refractivity contribution in [2.45, 2.75) is 58.0 Å². The van der Waals surface area contributed by atoms with E-state index in [2.05, 4.69) is 71.9 Å². The van der Waals surface area contributed by atoms with Gasteiger partial charge in [-0.05, 0) is 21.9 Å². The molecule has 0 fully saturated rings. The average molecular weight is 268 g/mol. The first-order chi connectivity index (χ1) is 7.58. The van der Waals surface area contributed by atoms with Gasteiger partial charge in [0.15, 0.2) is 0 Å². The molecule has 0 saturated carbocycles. The Balaban J connectivity index is 3.16. The van der Waals surface area contributed by atoms with Crippen molar-refractivity contribution in [3.05, 3.63) is 35.9 Å². The summed E-state index contributed by atoms with van der Waals surface area (Å²) in [6.07, 6.45) is 1.07. The molecule has 1 aromatic carbocycles. The first kappa shape index (κ1) is 14.9. The molecule has 0 unspecified atom stereocenters. The quantitative estimate of drug-likeness (QED) is 0.659. The van der Waals surface area contributed by atoms with Gasteiger partial charge in [0.05, 0.1) is 0 Å². The van der Waals surface area contributed by atoms with Crippen LogP contribution in [0.4, 0.5) is 0 Å². The van der Waals surface area contributed by atoms with Crippen LogP contribution in [0.1, 0.15) is 47.1 Å². The van der Waals surface area contributed by atoms with E-state index in [1.807, 2.05) is 0 Å². The lowest BCUT2D eigenvalue weighted by Gasteiger charge is -2.45. The molecular formula is C15H25PS. The lowest BCUT2D eigenvalue weighted by molar-refractivity contribution is 0.700. The van der Waals surface area contributed by atoms with Crippen LogP contribution in [-0.4, -0.2) is 10.3 Å². The Morgan fingerprint density at radius 2 is 1.29 bits per heavy atom. The van der Waals surface area contributed by atoms with Crippen molar-refractivity contribution in [3.8, 4) is 0 Å². The van der Waals surface area contributed by atoms with Gasteiger partial charge in [0.1, 0.15) is 0 Å². The van der Waals surface area contributed by atoms with E-state index in [0.717, 1.165) is 6.16 Å². The molecule has 0 spiro atoms. The van der Waals surface area contributed by atoms with E-state index in [0.29, 0.717) is 0 Å². The largest absolute Gasteiger partial charge is 0.0961 e. The maximum absolute atomic E-state index is 6.17. The Morgan fingerprint density at radius 3 is 1.65 bits per heavy atom. The summed E-state index contributed by atoms with van der Waals surface area (Å²) in [5.41, 5.74) is 1.39. The Kier molecular flexibility index (Phi) is 4.27. The zero-order valence-corrected chi connectivity index (χ0v) is 13.7. The predicted octanol–water partition coefficient (Wildman–Crippen LogP) is 5.26. The second-order valence-corrected chi connectivity index (χ2v) is 13.1. The van der Waals surface area contributed by atoms with E-state index in [4.69, 9.17) is 11.8 Å². The second-order valence-electron chi connectivity index (χ2n) is 6.73. The molecule has 1 rings (SSSR count). The number of hydrogen-bond donors (Lipinski definition) is 0. The molecule has 0 aliphatic rings. The van der Waals surface area contributed by atoms with E-state index in [1.165, 1.54) is 5.56 Å². The van der Waals surface area contributed by atoms with Crippen molar-refractivity contribution in [3.63, 3.8) is 0 Å². The van der Waals surface area contributed by atoms with Crippen LogP contribution in [0, 0.1) is 0 Å². The molecule has 0 aliphatic carbocycles. The molecule has 0 aromatic heterocycles. The van der Waals surface area contributed by atoms with E-state index in [1.54, 1.807) is 0 Å². The van der Waals surface area contributed by atoms with Crippen molar-refractivity contribution in [1.29, 1.82) is 0 Å². The topological polar surface area (TPSA) is 0 Å². The molecule has 0 N–H and O–H groups in total. The van der Waals surface area contributed by atoms with Crippen LogP contribution in [0.5, 0.6) is 0 Å². The highest BCUT2D eigenvalue weighted by atomic mass is 32.4. The Hall–Kier alpha value is -0.130. The van der Waals surface area contributed by atoms with Gasteiger partial charge in [0.2, 0.25) is 0 Å². The van der Waals surface area contributed by atoms with Crippen molar-refractivity contribution in [2.75, 3.05) is 0 Å². The summed E-state index contributed by atoms with van der Waals surface area (Å²) >= 11 is 6.17. The lowest BCUT2D eigenvalue weighted by Crippen LogP contribution is -2.29. The molecule has 0 heterocycles. The van der Waals surface area contributed by atoms with Crippen LogP contribution in [0.2, 0.25) is 0 Å². The average Bonchev–Trinajstić information content (AvgIpc) is 2.15. The summed E-state index contributed by atoms with van der Waals surface area (Å²) in [4.78, 5) is 0. The van der Waals surface area contributed by atoms with Crippen molar-refractivity contribution in [2.24, 2.45) is 0 Å². The van der Waals surface area contributed by atoms with Gasteiger partial charge in [0, 0.05) is 6.16 Å². The van der Waals surface area contributed by atoms with E-state index in [-0.39, 0.29) is 10.3 Å². The minimum atomic E-state index is -1.48. The molecule has 0 radical (unpaired) electrons. The number of rotatable bonds is 2. The van der Waals surface area contributed by atoms with Crippen LogP contribution in [0.3, 0.4) is 0 Å². The fourth-order valence-corrected chi connectivity index (χ4v) is 6.45. The van der Waals surface area contributed by atoms with Crippen LogP contribution in [-0.2, 0) is 18.0 Å². The van der Waals surface area contributed by atoms with Crippen LogP contribution in [0.25, 0.3) is 0 Å². The highest BCUT2D eigenvalue weighted by Gasteiger charge is 2.41.